The summed E-state index contributed by atoms with van der Waals surface area (Å²) in [5, 5.41) is 3.64. The Hall–Kier alpha value is -0.610. The normalized spacial score (nSPS) is 19.7. The number of hydrogen-bond donors (Lipinski definition) is 1. The zero-order valence-electron chi connectivity index (χ0n) is 5.28. The SMILES string of the molecule is Cl.NC1(c2ncon2)CC1. The van der Waals surface area contributed by atoms with Gasteiger partial charge in [0.2, 0.25) is 6.39 Å². The molecule has 1 aromatic heterocycles. The number of nitrogens with two attached hydrogens (primary N) is 1. The molecule has 0 bridgehead atoms. The van der Waals surface area contributed by atoms with E-state index in [0.29, 0.717) is 5.82 Å². The fourth-order valence-electron chi connectivity index (χ4n) is 0.748. The summed E-state index contributed by atoms with van der Waals surface area (Å²) in [7, 11) is 0. The summed E-state index contributed by atoms with van der Waals surface area (Å²) in [5.74, 6) is 0.641. The highest BCUT2D eigenvalue weighted by Gasteiger charge is 2.43. The van der Waals surface area contributed by atoms with E-state index in [2.05, 4.69) is 14.7 Å². The molecule has 0 amide bonds. The maximum Gasteiger partial charge on any atom is 0.213 e. The first kappa shape index (κ1) is 7.50. The maximum absolute atomic E-state index is 5.73. The third-order valence-corrected chi connectivity index (χ3v) is 1.60. The average Bonchev–Trinajstić information content (AvgIpc) is 2.46. The highest BCUT2D eigenvalue weighted by Crippen LogP contribution is 2.40. The first-order valence-electron chi connectivity index (χ1n) is 2.87. The van der Waals surface area contributed by atoms with Gasteiger partial charge in [-0.15, -0.1) is 12.4 Å². The van der Waals surface area contributed by atoms with Crippen molar-refractivity contribution in [1.82, 2.24) is 10.1 Å². The first-order chi connectivity index (χ1) is 4.31. The number of hydrogen-bond acceptors (Lipinski definition) is 4. The summed E-state index contributed by atoms with van der Waals surface area (Å²) in [5.41, 5.74) is 5.48. The third-order valence-electron chi connectivity index (χ3n) is 1.60. The van der Waals surface area contributed by atoms with Crippen molar-refractivity contribution in [3.63, 3.8) is 0 Å². The Kier molecular flexibility index (Phi) is 1.66. The molecule has 10 heavy (non-hydrogen) atoms. The van der Waals surface area contributed by atoms with Crippen LogP contribution in [0.25, 0.3) is 0 Å². The molecule has 0 unspecified atom stereocenters. The molecular weight excluding hydrogens is 154 g/mol. The van der Waals surface area contributed by atoms with E-state index >= 15 is 0 Å². The van der Waals surface area contributed by atoms with Crippen LogP contribution in [0.2, 0.25) is 0 Å². The van der Waals surface area contributed by atoms with Crippen molar-refractivity contribution in [2.24, 2.45) is 5.73 Å². The predicted octanol–water partition coefficient (Wildman–Crippen LogP) is 0.439. The predicted molar refractivity (Wildman–Crippen MR) is 36.6 cm³/mol. The quantitative estimate of drug-likeness (QED) is 0.649. The summed E-state index contributed by atoms with van der Waals surface area (Å²) in [6.07, 6.45) is 3.27. The third kappa shape index (κ3) is 0.998. The van der Waals surface area contributed by atoms with Crippen LogP contribution in [0.4, 0.5) is 0 Å². The van der Waals surface area contributed by atoms with Crippen LogP contribution in [0.3, 0.4) is 0 Å². The minimum atomic E-state index is -0.243. The van der Waals surface area contributed by atoms with Crippen molar-refractivity contribution >= 4 is 12.4 Å². The number of halogens is 1. The Morgan fingerprint density at radius 1 is 1.60 bits per heavy atom. The van der Waals surface area contributed by atoms with Crippen molar-refractivity contribution in [1.29, 1.82) is 0 Å². The minimum absolute atomic E-state index is 0. The van der Waals surface area contributed by atoms with Crippen molar-refractivity contribution in [3.05, 3.63) is 12.2 Å². The van der Waals surface area contributed by atoms with E-state index in [1.54, 1.807) is 0 Å². The smallest absolute Gasteiger partial charge is 0.213 e. The highest BCUT2D eigenvalue weighted by atomic mass is 35.5. The summed E-state index contributed by atoms with van der Waals surface area (Å²) in [6.45, 7) is 0. The Balaban J connectivity index is 0.000000500. The standard InChI is InChI=1S/C5H7N3O.ClH/c6-5(1-2-5)4-7-3-9-8-4;/h3H,1-2,6H2;1H. The van der Waals surface area contributed by atoms with E-state index in [9.17, 15) is 0 Å². The molecule has 1 fully saturated rings. The van der Waals surface area contributed by atoms with Crippen molar-refractivity contribution in [3.8, 4) is 0 Å². The van der Waals surface area contributed by atoms with Gasteiger partial charge in [-0.25, -0.2) is 0 Å². The molecule has 0 aliphatic heterocycles. The van der Waals surface area contributed by atoms with Crippen LogP contribution < -0.4 is 5.73 Å². The second kappa shape index (κ2) is 2.21. The van der Waals surface area contributed by atoms with Crippen LogP contribution in [0.15, 0.2) is 10.9 Å². The molecule has 2 rings (SSSR count). The molecule has 5 heteroatoms. The van der Waals surface area contributed by atoms with Gasteiger partial charge in [0.05, 0.1) is 5.54 Å². The van der Waals surface area contributed by atoms with Gasteiger partial charge in [-0.3, -0.25) is 0 Å². The van der Waals surface area contributed by atoms with Crippen molar-refractivity contribution < 1.29 is 4.52 Å². The van der Waals surface area contributed by atoms with E-state index in [1.165, 1.54) is 6.39 Å². The fraction of sp³-hybridized carbons (Fsp3) is 0.600. The molecule has 56 valence electrons. The lowest BCUT2D eigenvalue weighted by Crippen LogP contribution is -2.20. The lowest BCUT2D eigenvalue weighted by Gasteiger charge is -1.97. The molecule has 1 aromatic rings. The molecule has 1 aliphatic rings. The summed E-state index contributed by atoms with van der Waals surface area (Å²) < 4.78 is 4.54. The van der Waals surface area contributed by atoms with Crippen LogP contribution in [-0.2, 0) is 5.54 Å². The Bertz CT molecular complexity index is 207. The van der Waals surface area contributed by atoms with Crippen LogP contribution >= 0.6 is 12.4 Å². The molecule has 2 N–H and O–H groups in total. The van der Waals surface area contributed by atoms with Crippen molar-refractivity contribution in [2.45, 2.75) is 18.4 Å². The lowest BCUT2D eigenvalue weighted by molar-refractivity contribution is 0.402. The molecule has 1 saturated carbocycles. The van der Waals surface area contributed by atoms with E-state index < -0.39 is 0 Å². The van der Waals surface area contributed by atoms with Gasteiger partial charge in [0.25, 0.3) is 0 Å². The monoisotopic (exact) mass is 161 g/mol. The number of nitrogens with zero attached hydrogens (tertiary/aromatic N) is 2. The van der Waals surface area contributed by atoms with E-state index in [1.807, 2.05) is 0 Å². The zero-order chi connectivity index (χ0) is 6.32. The second-order valence-corrected chi connectivity index (χ2v) is 2.41. The average molecular weight is 162 g/mol. The molecule has 0 spiro atoms. The van der Waals surface area contributed by atoms with E-state index in [0.717, 1.165) is 12.8 Å². The summed E-state index contributed by atoms with van der Waals surface area (Å²) in [6, 6.07) is 0. The molecule has 0 radical (unpaired) electrons. The molecule has 0 atom stereocenters. The van der Waals surface area contributed by atoms with Crippen LogP contribution in [0, 0.1) is 0 Å². The summed E-state index contributed by atoms with van der Waals surface area (Å²) >= 11 is 0. The van der Waals surface area contributed by atoms with Crippen LogP contribution in [-0.4, -0.2) is 10.1 Å². The molecule has 0 saturated heterocycles. The van der Waals surface area contributed by atoms with E-state index in [-0.39, 0.29) is 17.9 Å². The molecular formula is C5H8ClN3O. The van der Waals surface area contributed by atoms with Gasteiger partial charge >= 0.3 is 0 Å². The fourth-order valence-corrected chi connectivity index (χ4v) is 0.748. The minimum Gasteiger partial charge on any atom is -0.343 e. The van der Waals surface area contributed by atoms with Gasteiger partial charge < -0.3 is 10.3 Å². The summed E-state index contributed by atoms with van der Waals surface area (Å²) in [4.78, 5) is 3.85. The van der Waals surface area contributed by atoms with Gasteiger partial charge in [0.15, 0.2) is 5.82 Å². The van der Waals surface area contributed by atoms with Gasteiger partial charge in [-0.1, -0.05) is 5.16 Å². The first-order valence-corrected chi connectivity index (χ1v) is 2.87. The van der Waals surface area contributed by atoms with Crippen LogP contribution in [0.5, 0.6) is 0 Å². The van der Waals surface area contributed by atoms with Gasteiger partial charge in [-0.2, -0.15) is 4.98 Å². The largest absolute Gasteiger partial charge is 0.343 e. The Labute approximate surface area is 64.2 Å². The molecule has 1 aliphatic carbocycles. The Morgan fingerprint density at radius 2 is 2.30 bits per heavy atom. The zero-order valence-corrected chi connectivity index (χ0v) is 6.10. The van der Waals surface area contributed by atoms with Gasteiger partial charge in [0.1, 0.15) is 0 Å². The topological polar surface area (TPSA) is 64.9 Å². The molecule has 1 heterocycles. The van der Waals surface area contributed by atoms with E-state index in [4.69, 9.17) is 5.73 Å². The van der Waals surface area contributed by atoms with Crippen molar-refractivity contribution in [2.75, 3.05) is 0 Å². The maximum atomic E-state index is 5.73. The Morgan fingerprint density at radius 3 is 2.70 bits per heavy atom. The number of rotatable bonds is 1. The van der Waals surface area contributed by atoms with Gasteiger partial charge in [0, 0.05) is 0 Å². The number of aromatic nitrogens is 2. The highest BCUT2D eigenvalue weighted by molar-refractivity contribution is 5.85. The molecule has 4 nitrogen and oxygen atoms in total. The van der Waals surface area contributed by atoms with Gasteiger partial charge in [-0.05, 0) is 12.8 Å². The second-order valence-electron chi connectivity index (χ2n) is 2.41. The van der Waals surface area contributed by atoms with Crippen LogP contribution in [0.1, 0.15) is 18.7 Å². The lowest BCUT2D eigenvalue weighted by atomic mass is 10.3. The molecule has 0 aromatic carbocycles.